The van der Waals surface area contributed by atoms with E-state index in [1.165, 1.54) is 12.1 Å². The molecule has 0 fully saturated rings. The van der Waals surface area contributed by atoms with Crippen molar-refractivity contribution in [3.05, 3.63) is 47.5 Å². The number of halogens is 2. The molecule has 0 amide bonds. The Morgan fingerprint density at radius 3 is 2.71 bits per heavy atom. The molecule has 0 aliphatic rings. The van der Waals surface area contributed by atoms with E-state index in [9.17, 15) is 4.39 Å². The summed E-state index contributed by atoms with van der Waals surface area (Å²) in [6.07, 6.45) is 3.15. The Balaban J connectivity index is 2.27. The van der Waals surface area contributed by atoms with E-state index >= 15 is 0 Å². The molecule has 0 saturated carbocycles. The second-order valence-corrected chi connectivity index (χ2v) is 4.89. The fourth-order valence-electron chi connectivity index (χ4n) is 2.13. The summed E-state index contributed by atoms with van der Waals surface area (Å²) in [6.45, 7) is 0. The zero-order valence-corrected chi connectivity index (χ0v) is 11.8. The number of aromatic nitrogens is 4. The molecular formula is C14H11ClFN5. The molecule has 0 bridgehead atoms. The van der Waals surface area contributed by atoms with Crippen LogP contribution in [0.25, 0.3) is 22.4 Å². The Morgan fingerprint density at radius 2 is 2.05 bits per heavy atom. The van der Waals surface area contributed by atoms with Crippen LogP contribution in [0.1, 0.15) is 0 Å². The molecule has 2 aromatic heterocycles. The number of nitrogens with zero attached hydrogens (tertiary/aromatic N) is 4. The van der Waals surface area contributed by atoms with Gasteiger partial charge in [0.1, 0.15) is 17.3 Å². The van der Waals surface area contributed by atoms with Crippen molar-refractivity contribution in [2.24, 2.45) is 7.05 Å². The first kappa shape index (κ1) is 13.5. The monoisotopic (exact) mass is 303 g/mol. The number of hydrogen-bond donors (Lipinski definition) is 1. The summed E-state index contributed by atoms with van der Waals surface area (Å²) in [5, 5.41) is 12.2. The minimum absolute atomic E-state index is 0.276. The van der Waals surface area contributed by atoms with Gasteiger partial charge in [0.15, 0.2) is 0 Å². The van der Waals surface area contributed by atoms with Crippen molar-refractivity contribution in [3.8, 4) is 22.4 Å². The van der Waals surface area contributed by atoms with Gasteiger partial charge in [0.05, 0.1) is 23.0 Å². The molecule has 3 rings (SSSR count). The van der Waals surface area contributed by atoms with Gasteiger partial charge in [0.25, 0.3) is 0 Å². The average molecular weight is 304 g/mol. The fourth-order valence-corrected chi connectivity index (χ4v) is 2.39. The van der Waals surface area contributed by atoms with E-state index < -0.39 is 5.82 Å². The summed E-state index contributed by atoms with van der Waals surface area (Å²) in [5.74, 6) is 0.0358. The first-order valence-electron chi connectivity index (χ1n) is 6.13. The lowest BCUT2D eigenvalue weighted by molar-refractivity contribution is 0.628. The lowest BCUT2D eigenvalue weighted by Crippen LogP contribution is -1.98. The van der Waals surface area contributed by atoms with Crippen molar-refractivity contribution < 1.29 is 4.39 Å². The number of benzene rings is 1. The Bertz CT molecular complexity index is 801. The lowest BCUT2D eigenvalue weighted by atomic mass is 10.0. The predicted molar refractivity (Wildman–Crippen MR) is 79.1 cm³/mol. The molecule has 2 N–H and O–H groups in total. The highest BCUT2D eigenvalue weighted by Crippen LogP contribution is 2.39. The Morgan fingerprint density at radius 1 is 1.24 bits per heavy atom. The molecule has 21 heavy (non-hydrogen) atoms. The summed E-state index contributed by atoms with van der Waals surface area (Å²) < 4.78 is 14.8. The number of hydrogen-bond acceptors (Lipinski definition) is 4. The van der Waals surface area contributed by atoms with Gasteiger partial charge in [0, 0.05) is 18.2 Å². The van der Waals surface area contributed by atoms with Gasteiger partial charge in [0.2, 0.25) is 0 Å². The van der Waals surface area contributed by atoms with E-state index in [1.807, 2.05) is 0 Å². The van der Waals surface area contributed by atoms with Gasteiger partial charge in [-0.15, -0.1) is 0 Å². The maximum Gasteiger partial charge on any atom is 0.129 e. The normalized spacial score (nSPS) is 10.8. The maximum atomic E-state index is 13.2. The summed E-state index contributed by atoms with van der Waals surface area (Å²) in [4.78, 5) is 0. The van der Waals surface area contributed by atoms with Crippen LogP contribution in [0.2, 0.25) is 5.02 Å². The second-order valence-electron chi connectivity index (χ2n) is 4.49. The second kappa shape index (κ2) is 5.14. The van der Waals surface area contributed by atoms with Gasteiger partial charge < -0.3 is 5.73 Å². The number of rotatable bonds is 2. The molecular weight excluding hydrogens is 293 g/mol. The Hall–Kier alpha value is -2.47. The molecule has 0 aliphatic carbocycles. The van der Waals surface area contributed by atoms with Crippen LogP contribution in [-0.4, -0.2) is 20.0 Å². The van der Waals surface area contributed by atoms with Gasteiger partial charge in [-0.05, 0) is 24.3 Å². The predicted octanol–water partition coefficient (Wildman–Crippen LogP) is 2.92. The zero-order chi connectivity index (χ0) is 15.0. The summed E-state index contributed by atoms with van der Waals surface area (Å²) >= 11 is 6.14. The smallest absolute Gasteiger partial charge is 0.129 e. The van der Waals surface area contributed by atoms with Crippen molar-refractivity contribution in [3.63, 3.8) is 0 Å². The van der Waals surface area contributed by atoms with Crippen molar-refractivity contribution >= 4 is 17.4 Å². The van der Waals surface area contributed by atoms with Crippen LogP contribution in [0.3, 0.4) is 0 Å². The highest BCUT2D eigenvalue weighted by Gasteiger charge is 2.19. The average Bonchev–Trinajstić information content (AvgIpc) is 2.76. The van der Waals surface area contributed by atoms with Crippen molar-refractivity contribution in [1.29, 1.82) is 0 Å². The molecule has 0 spiro atoms. The highest BCUT2D eigenvalue weighted by atomic mass is 35.5. The molecule has 1 aromatic carbocycles. The third kappa shape index (κ3) is 2.34. The number of nitrogens with two attached hydrogens (primary N) is 1. The van der Waals surface area contributed by atoms with Crippen LogP contribution in [-0.2, 0) is 7.05 Å². The van der Waals surface area contributed by atoms with E-state index in [0.717, 1.165) is 5.56 Å². The summed E-state index contributed by atoms with van der Waals surface area (Å²) in [6, 6.07) is 5.94. The topological polar surface area (TPSA) is 69.6 Å². The summed E-state index contributed by atoms with van der Waals surface area (Å²) in [7, 11) is 1.73. The number of aryl methyl sites for hydroxylation is 1. The van der Waals surface area contributed by atoms with Crippen LogP contribution in [0.4, 0.5) is 10.2 Å². The summed E-state index contributed by atoms with van der Waals surface area (Å²) in [5.41, 5.74) is 8.74. The Labute approximate surface area is 125 Å². The van der Waals surface area contributed by atoms with Gasteiger partial charge in [-0.25, -0.2) is 4.39 Å². The molecule has 0 atom stereocenters. The molecule has 2 heterocycles. The van der Waals surface area contributed by atoms with Gasteiger partial charge in [-0.3, -0.25) is 4.68 Å². The number of anilines is 1. The van der Waals surface area contributed by atoms with E-state index in [4.69, 9.17) is 17.3 Å². The van der Waals surface area contributed by atoms with E-state index in [2.05, 4.69) is 15.3 Å². The maximum absolute atomic E-state index is 13.2. The van der Waals surface area contributed by atoms with Gasteiger partial charge in [-0.2, -0.15) is 15.3 Å². The van der Waals surface area contributed by atoms with Crippen LogP contribution < -0.4 is 5.73 Å². The van der Waals surface area contributed by atoms with Crippen LogP contribution in [0.5, 0.6) is 0 Å². The number of nitrogen functional groups attached to an aromatic ring is 1. The molecule has 3 aromatic rings. The standard InChI is InChI=1S/C14H11ClFN5/c1-21-14(17)12(10-3-2-9(16)6-11(10)15)13(20-21)8-4-5-18-19-7-8/h2-7H,17H2,1H3. The van der Waals surface area contributed by atoms with Crippen molar-refractivity contribution in [2.75, 3.05) is 5.73 Å². The fraction of sp³-hybridized carbons (Fsp3) is 0.0714. The molecule has 0 aliphatic heterocycles. The third-order valence-corrected chi connectivity index (χ3v) is 3.46. The SMILES string of the molecule is Cn1nc(-c2ccnnc2)c(-c2ccc(F)cc2Cl)c1N. The molecule has 106 valence electrons. The van der Waals surface area contributed by atoms with Crippen LogP contribution in [0, 0.1) is 5.82 Å². The quantitative estimate of drug-likeness (QED) is 0.790. The highest BCUT2D eigenvalue weighted by molar-refractivity contribution is 6.33. The van der Waals surface area contributed by atoms with E-state index in [-0.39, 0.29) is 5.02 Å². The molecule has 5 nitrogen and oxygen atoms in total. The van der Waals surface area contributed by atoms with Gasteiger partial charge in [-0.1, -0.05) is 11.6 Å². The van der Waals surface area contributed by atoms with Crippen molar-refractivity contribution in [1.82, 2.24) is 20.0 Å². The molecule has 0 unspecified atom stereocenters. The minimum Gasteiger partial charge on any atom is -0.383 e. The molecule has 0 saturated heterocycles. The molecule has 0 radical (unpaired) electrons. The first-order chi connectivity index (χ1) is 10.1. The largest absolute Gasteiger partial charge is 0.383 e. The lowest BCUT2D eigenvalue weighted by Gasteiger charge is -2.06. The van der Waals surface area contributed by atoms with Crippen molar-refractivity contribution in [2.45, 2.75) is 0 Å². The minimum atomic E-state index is -0.404. The zero-order valence-electron chi connectivity index (χ0n) is 11.1. The van der Waals surface area contributed by atoms with Crippen LogP contribution >= 0.6 is 11.6 Å². The molecule has 7 heteroatoms. The third-order valence-electron chi connectivity index (χ3n) is 3.15. The van der Waals surface area contributed by atoms with E-state index in [0.29, 0.717) is 22.6 Å². The van der Waals surface area contributed by atoms with Crippen LogP contribution in [0.15, 0.2) is 36.7 Å². The Kier molecular flexibility index (Phi) is 3.31. The first-order valence-corrected chi connectivity index (χ1v) is 6.50. The van der Waals surface area contributed by atoms with E-state index in [1.54, 1.807) is 36.3 Å². The van der Waals surface area contributed by atoms with Gasteiger partial charge >= 0.3 is 0 Å².